The maximum atomic E-state index is 12.5. The van der Waals surface area contributed by atoms with Crippen molar-refractivity contribution in [2.45, 2.75) is 19.4 Å². The van der Waals surface area contributed by atoms with E-state index >= 15 is 0 Å². The van der Waals surface area contributed by atoms with Crippen LogP contribution in [0.4, 0.5) is 0 Å². The Kier molecular flexibility index (Phi) is 6.90. The smallest absolute Gasteiger partial charge is 0.246 e. The molecule has 1 amide bonds. The first-order chi connectivity index (χ1) is 14.5. The van der Waals surface area contributed by atoms with Gasteiger partial charge < -0.3 is 23.6 Å². The van der Waals surface area contributed by atoms with Gasteiger partial charge in [0.1, 0.15) is 5.75 Å². The van der Waals surface area contributed by atoms with Crippen molar-refractivity contribution in [2.24, 2.45) is 0 Å². The molecule has 2 aromatic carbocycles. The van der Waals surface area contributed by atoms with Gasteiger partial charge in [0.2, 0.25) is 17.6 Å². The highest BCUT2D eigenvalue weighted by Gasteiger charge is 2.15. The molecule has 158 valence electrons. The summed E-state index contributed by atoms with van der Waals surface area (Å²) in [5, 5.41) is 3.99. The zero-order valence-corrected chi connectivity index (χ0v) is 17.5. The van der Waals surface area contributed by atoms with Gasteiger partial charge in [-0.15, -0.1) is 0 Å². The third kappa shape index (κ3) is 5.08. The highest BCUT2D eigenvalue weighted by atomic mass is 16.5. The zero-order valence-electron chi connectivity index (χ0n) is 17.5. The van der Waals surface area contributed by atoms with Gasteiger partial charge in [-0.3, -0.25) is 4.79 Å². The van der Waals surface area contributed by atoms with Crippen LogP contribution in [-0.2, 0) is 17.8 Å². The van der Waals surface area contributed by atoms with Gasteiger partial charge in [0.15, 0.2) is 11.5 Å². The van der Waals surface area contributed by atoms with Crippen molar-refractivity contribution in [3.8, 4) is 28.6 Å². The van der Waals surface area contributed by atoms with Crippen LogP contribution < -0.4 is 14.2 Å². The maximum Gasteiger partial charge on any atom is 0.246 e. The largest absolute Gasteiger partial charge is 0.497 e. The van der Waals surface area contributed by atoms with Crippen molar-refractivity contribution in [2.75, 3.05) is 28.4 Å². The van der Waals surface area contributed by atoms with Crippen molar-refractivity contribution in [1.29, 1.82) is 0 Å². The molecule has 30 heavy (non-hydrogen) atoms. The second-order valence-corrected chi connectivity index (χ2v) is 6.68. The molecule has 0 N–H and O–H groups in total. The average molecular weight is 411 g/mol. The van der Waals surface area contributed by atoms with Crippen LogP contribution in [0.15, 0.2) is 47.0 Å². The van der Waals surface area contributed by atoms with Gasteiger partial charge in [-0.1, -0.05) is 11.2 Å². The highest BCUT2D eigenvalue weighted by molar-refractivity contribution is 5.76. The van der Waals surface area contributed by atoms with Gasteiger partial charge in [-0.25, -0.2) is 0 Å². The number of carbonyl (C=O) groups excluding carboxylic acids is 1. The Morgan fingerprint density at radius 2 is 1.73 bits per heavy atom. The SMILES string of the molecule is COc1ccc(-c2noc(CN(C)C(=O)CCc3ccc(OC)c(OC)c3)n2)cc1. The highest BCUT2D eigenvalue weighted by Crippen LogP contribution is 2.28. The Labute approximate surface area is 175 Å². The molecule has 0 radical (unpaired) electrons. The summed E-state index contributed by atoms with van der Waals surface area (Å²) >= 11 is 0. The fraction of sp³-hybridized carbons (Fsp3) is 0.318. The molecule has 0 fully saturated rings. The fourth-order valence-corrected chi connectivity index (χ4v) is 2.95. The topological polar surface area (TPSA) is 86.9 Å². The van der Waals surface area contributed by atoms with Gasteiger partial charge >= 0.3 is 0 Å². The predicted molar refractivity (Wildman–Crippen MR) is 111 cm³/mol. The van der Waals surface area contributed by atoms with Crippen LogP contribution in [0.5, 0.6) is 17.2 Å². The Hall–Kier alpha value is -3.55. The Bertz CT molecular complexity index is 985. The molecule has 3 aromatic rings. The third-order valence-corrected chi connectivity index (χ3v) is 4.69. The normalized spacial score (nSPS) is 10.5. The van der Waals surface area contributed by atoms with Crippen LogP contribution >= 0.6 is 0 Å². The lowest BCUT2D eigenvalue weighted by Crippen LogP contribution is -2.26. The van der Waals surface area contributed by atoms with Gasteiger partial charge in [0.05, 0.1) is 27.9 Å². The maximum absolute atomic E-state index is 12.5. The number of benzene rings is 2. The number of hydrogen-bond acceptors (Lipinski definition) is 7. The molecular formula is C22H25N3O5. The van der Waals surface area contributed by atoms with E-state index in [0.29, 0.717) is 36.1 Å². The second kappa shape index (κ2) is 9.78. The van der Waals surface area contributed by atoms with Crippen molar-refractivity contribution < 1.29 is 23.5 Å². The second-order valence-electron chi connectivity index (χ2n) is 6.68. The average Bonchev–Trinajstić information content (AvgIpc) is 3.25. The van der Waals surface area contributed by atoms with Gasteiger partial charge in [-0.2, -0.15) is 4.98 Å². The number of hydrogen-bond donors (Lipinski definition) is 0. The quantitative estimate of drug-likeness (QED) is 0.534. The van der Waals surface area contributed by atoms with Crippen molar-refractivity contribution in [1.82, 2.24) is 15.0 Å². The van der Waals surface area contributed by atoms with E-state index < -0.39 is 0 Å². The fourth-order valence-electron chi connectivity index (χ4n) is 2.95. The Morgan fingerprint density at radius 1 is 1.00 bits per heavy atom. The number of rotatable bonds is 9. The zero-order chi connectivity index (χ0) is 21.5. The Balaban J connectivity index is 1.56. The number of methoxy groups -OCH3 is 3. The summed E-state index contributed by atoms with van der Waals surface area (Å²) in [4.78, 5) is 18.5. The lowest BCUT2D eigenvalue weighted by Gasteiger charge is -2.15. The molecular weight excluding hydrogens is 386 g/mol. The molecule has 8 nitrogen and oxygen atoms in total. The predicted octanol–water partition coefficient (Wildman–Crippen LogP) is 3.35. The first-order valence-corrected chi connectivity index (χ1v) is 9.46. The lowest BCUT2D eigenvalue weighted by atomic mass is 10.1. The summed E-state index contributed by atoms with van der Waals surface area (Å²) < 4.78 is 21.0. The standard InChI is InChI=1S/C22H25N3O5/c1-25(21(26)12-6-15-5-11-18(28-3)19(13-15)29-4)14-20-23-22(24-30-20)16-7-9-17(27-2)10-8-16/h5,7-11,13H,6,12,14H2,1-4H3. The number of nitrogens with zero attached hydrogens (tertiary/aromatic N) is 3. The van der Waals surface area contributed by atoms with Crippen LogP contribution in [0, 0.1) is 0 Å². The summed E-state index contributed by atoms with van der Waals surface area (Å²) in [5.74, 6) is 2.89. The molecule has 1 heterocycles. The molecule has 1 aromatic heterocycles. The van der Waals surface area contributed by atoms with Crippen LogP contribution in [0.1, 0.15) is 17.9 Å². The van der Waals surface area contributed by atoms with Crippen LogP contribution in [0.3, 0.4) is 0 Å². The van der Waals surface area contributed by atoms with E-state index in [-0.39, 0.29) is 12.5 Å². The minimum Gasteiger partial charge on any atom is -0.497 e. The number of amides is 1. The molecule has 0 spiro atoms. The molecule has 0 aliphatic carbocycles. The molecule has 3 rings (SSSR count). The van der Waals surface area contributed by atoms with Gasteiger partial charge in [0.25, 0.3) is 0 Å². The molecule has 8 heteroatoms. The van der Waals surface area contributed by atoms with Crippen LogP contribution in [-0.4, -0.2) is 49.3 Å². The first-order valence-electron chi connectivity index (χ1n) is 9.46. The molecule has 0 bridgehead atoms. The van der Waals surface area contributed by atoms with E-state index in [9.17, 15) is 4.79 Å². The number of aromatic nitrogens is 2. The number of aryl methyl sites for hydroxylation is 1. The minimum absolute atomic E-state index is 0.0195. The molecule has 0 aliphatic heterocycles. The summed E-state index contributed by atoms with van der Waals surface area (Å²) in [5.41, 5.74) is 1.81. The van der Waals surface area contributed by atoms with E-state index in [1.54, 1.807) is 33.3 Å². The van der Waals surface area contributed by atoms with Gasteiger partial charge in [0, 0.05) is 19.0 Å². The van der Waals surface area contributed by atoms with Crippen LogP contribution in [0.2, 0.25) is 0 Å². The summed E-state index contributed by atoms with van der Waals surface area (Å²) in [6.45, 7) is 0.244. The Morgan fingerprint density at radius 3 is 2.40 bits per heavy atom. The van der Waals surface area contributed by atoms with E-state index in [1.165, 1.54) is 0 Å². The number of carbonyl (C=O) groups is 1. The van der Waals surface area contributed by atoms with E-state index in [1.807, 2.05) is 42.5 Å². The monoisotopic (exact) mass is 411 g/mol. The number of ether oxygens (including phenoxy) is 3. The summed E-state index contributed by atoms with van der Waals surface area (Å²) in [6.07, 6.45) is 0.940. The molecule has 0 atom stereocenters. The molecule has 0 saturated carbocycles. The van der Waals surface area contributed by atoms with E-state index in [2.05, 4.69) is 10.1 Å². The summed E-state index contributed by atoms with van der Waals surface area (Å²) in [7, 11) is 6.51. The molecule has 0 unspecified atom stereocenters. The first kappa shape index (κ1) is 21.2. The van der Waals surface area contributed by atoms with Crippen molar-refractivity contribution in [3.05, 3.63) is 53.9 Å². The lowest BCUT2D eigenvalue weighted by molar-refractivity contribution is -0.130. The van der Waals surface area contributed by atoms with E-state index in [4.69, 9.17) is 18.7 Å². The molecule has 0 saturated heterocycles. The summed E-state index contributed by atoms with van der Waals surface area (Å²) in [6, 6.07) is 13.0. The van der Waals surface area contributed by atoms with E-state index in [0.717, 1.165) is 16.9 Å². The molecule has 0 aliphatic rings. The van der Waals surface area contributed by atoms with Crippen LogP contribution in [0.25, 0.3) is 11.4 Å². The minimum atomic E-state index is -0.0195. The van der Waals surface area contributed by atoms with Crippen molar-refractivity contribution in [3.63, 3.8) is 0 Å². The van der Waals surface area contributed by atoms with Gasteiger partial charge in [-0.05, 0) is 48.4 Å². The van der Waals surface area contributed by atoms with Crippen molar-refractivity contribution >= 4 is 5.91 Å². The third-order valence-electron chi connectivity index (χ3n) is 4.69.